The zero-order valence-corrected chi connectivity index (χ0v) is 14.9. The molecule has 7 heteroatoms. The molecule has 0 amide bonds. The number of halogens is 3. The quantitative estimate of drug-likeness (QED) is 0.419. The standard InChI is InChI=1S/C13H17F2IN2OSi/c1-20(2,3)5-4-19-8-18-12-10(13(16)17-18)6-9(14)7-11(12)15/h6-7H,4-5,8H2,1-3H3. The molecule has 0 aliphatic heterocycles. The summed E-state index contributed by atoms with van der Waals surface area (Å²) in [5.74, 6) is -1.20. The molecule has 110 valence electrons. The van der Waals surface area contributed by atoms with Crippen LogP contribution in [-0.2, 0) is 11.5 Å². The highest BCUT2D eigenvalue weighted by atomic mass is 127. The second-order valence-corrected chi connectivity index (χ2v) is 12.6. The van der Waals surface area contributed by atoms with E-state index in [4.69, 9.17) is 4.74 Å². The summed E-state index contributed by atoms with van der Waals surface area (Å²) in [5, 5.41) is 4.69. The van der Waals surface area contributed by atoms with Crippen molar-refractivity contribution >= 4 is 41.6 Å². The Bertz CT molecular complexity index is 625. The van der Waals surface area contributed by atoms with Gasteiger partial charge in [-0.1, -0.05) is 19.6 Å². The first-order chi connectivity index (χ1) is 9.28. The van der Waals surface area contributed by atoms with Gasteiger partial charge in [0, 0.05) is 26.1 Å². The molecule has 0 fully saturated rings. The molecule has 0 saturated heterocycles. The van der Waals surface area contributed by atoms with Gasteiger partial charge in [-0.2, -0.15) is 5.10 Å². The zero-order valence-electron chi connectivity index (χ0n) is 11.7. The van der Waals surface area contributed by atoms with Crippen LogP contribution in [0.1, 0.15) is 0 Å². The predicted octanol–water partition coefficient (Wildman–Crippen LogP) is 4.23. The maximum Gasteiger partial charge on any atom is 0.152 e. The number of fused-ring (bicyclic) bond motifs is 1. The van der Waals surface area contributed by atoms with Crippen LogP contribution in [0.2, 0.25) is 25.7 Å². The third-order valence-electron chi connectivity index (χ3n) is 2.93. The van der Waals surface area contributed by atoms with Crippen LogP contribution < -0.4 is 0 Å². The molecule has 0 N–H and O–H groups in total. The molecule has 0 aliphatic carbocycles. The number of benzene rings is 1. The highest BCUT2D eigenvalue weighted by molar-refractivity contribution is 14.1. The molecule has 0 radical (unpaired) electrons. The summed E-state index contributed by atoms with van der Waals surface area (Å²) in [7, 11) is -1.14. The van der Waals surface area contributed by atoms with E-state index in [1.54, 1.807) is 0 Å². The van der Waals surface area contributed by atoms with Crippen molar-refractivity contribution in [2.24, 2.45) is 0 Å². The minimum absolute atomic E-state index is 0.187. The van der Waals surface area contributed by atoms with Crippen LogP contribution in [0.5, 0.6) is 0 Å². The van der Waals surface area contributed by atoms with Gasteiger partial charge in [0.2, 0.25) is 0 Å². The van der Waals surface area contributed by atoms with Crippen molar-refractivity contribution < 1.29 is 13.5 Å². The molecule has 3 nitrogen and oxygen atoms in total. The molecule has 0 saturated carbocycles. The van der Waals surface area contributed by atoms with Crippen LogP contribution >= 0.6 is 22.6 Å². The van der Waals surface area contributed by atoms with E-state index < -0.39 is 19.7 Å². The second-order valence-electron chi connectivity index (χ2n) is 5.92. The van der Waals surface area contributed by atoms with Crippen molar-refractivity contribution in [2.45, 2.75) is 32.4 Å². The first-order valence-corrected chi connectivity index (χ1v) is 11.2. The van der Waals surface area contributed by atoms with Crippen molar-refractivity contribution in [1.29, 1.82) is 0 Å². The van der Waals surface area contributed by atoms with Gasteiger partial charge in [-0.05, 0) is 34.7 Å². The van der Waals surface area contributed by atoms with Crippen LogP contribution in [0.3, 0.4) is 0 Å². The van der Waals surface area contributed by atoms with E-state index in [9.17, 15) is 8.78 Å². The van der Waals surface area contributed by atoms with Crippen LogP contribution in [0.4, 0.5) is 8.78 Å². The lowest BCUT2D eigenvalue weighted by Gasteiger charge is -2.15. The van der Waals surface area contributed by atoms with Crippen LogP contribution in [0.25, 0.3) is 10.9 Å². The lowest BCUT2D eigenvalue weighted by molar-refractivity contribution is 0.0810. The Balaban J connectivity index is 2.15. The summed E-state index contributed by atoms with van der Waals surface area (Å²) < 4.78 is 34.7. The molecule has 1 aromatic heterocycles. The number of nitrogens with zero attached hydrogens (tertiary/aromatic N) is 2. The molecule has 20 heavy (non-hydrogen) atoms. The average molecular weight is 410 g/mol. The number of ether oxygens (including phenoxy) is 1. The van der Waals surface area contributed by atoms with E-state index in [-0.39, 0.29) is 6.73 Å². The molecular formula is C13H17F2IN2OSi. The average Bonchev–Trinajstić information content (AvgIpc) is 2.61. The zero-order chi connectivity index (χ0) is 14.9. The molecule has 0 spiro atoms. The first-order valence-electron chi connectivity index (χ1n) is 6.37. The summed E-state index contributed by atoms with van der Waals surface area (Å²) in [6.07, 6.45) is 0. The highest BCUT2D eigenvalue weighted by Crippen LogP contribution is 2.24. The Labute approximate surface area is 131 Å². The monoisotopic (exact) mass is 410 g/mol. The Morgan fingerprint density at radius 2 is 2.00 bits per heavy atom. The van der Waals surface area contributed by atoms with Gasteiger partial charge in [-0.25, -0.2) is 13.5 Å². The van der Waals surface area contributed by atoms with Gasteiger partial charge >= 0.3 is 0 Å². The van der Waals surface area contributed by atoms with E-state index >= 15 is 0 Å². The van der Waals surface area contributed by atoms with E-state index in [0.29, 0.717) is 21.2 Å². The van der Waals surface area contributed by atoms with Crippen LogP contribution in [0.15, 0.2) is 12.1 Å². The van der Waals surface area contributed by atoms with Crippen LogP contribution in [-0.4, -0.2) is 24.5 Å². The molecule has 2 rings (SSSR count). The van der Waals surface area contributed by atoms with Gasteiger partial charge in [0.1, 0.15) is 21.8 Å². The fourth-order valence-electron chi connectivity index (χ4n) is 1.82. The minimum Gasteiger partial charge on any atom is -0.360 e. The Kier molecular flexibility index (Phi) is 4.80. The van der Waals surface area contributed by atoms with Gasteiger partial charge in [-0.3, -0.25) is 0 Å². The molecule has 1 heterocycles. The van der Waals surface area contributed by atoms with E-state index in [2.05, 4.69) is 24.7 Å². The third-order valence-corrected chi connectivity index (χ3v) is 5.43. The Morgan fingerprint density at radius 1 is 1.30 bits per heavy atom. The fourth-order valence-corrected chi connectivity index (χ4v) is 3.25. The normalized spacial score (nSPS) is 12.3. The molecule has 0 atom stereocenters. The van der Waals surface area contributed by atoms with Gasteiger partial charge in [0.15, 0.2) is 5.82 Å². The first kappa shape index (κ1) is 15.8. The summed E-state index contributed by atoms with van der Waals surface area (Å²) >= 11 is 1.97. The molecule has 2 aromatic rings. The van der Waals surface area contributed by atoms with E-state index in [1.807, 2.05) is 22.6 Å². The molecule has 0 bridgehead atoms. The number of aromatic nitrogens is 2. The Hall–Kier alpha value is -0.543. The van der Waals surface area contributed by atoms with Crippen molar-refractivity contribution in [1.82, 2.24) is 9.78 Å². The maximum absolute atomic E-state index is 13.9. The van der Waals surface area contributed by atoms with Gasteiger partial charge in [0.05, 0.1) is 0 Å². The fraction of sp³-hybridized carbons (Fsp3) is 0.462. The van der Waals surface area contributed by atoms with Crippen molar-refractivity contribution in [3.05, 3.63) is 27.5 Å². The predicted molar refractivity (Wildman–Crippen MR) is 86.5 cm³/mol. The topological polar surface area (TPSA) is 27.1 Å². The van der Waals surface area contributed by atoms with Gasteiger partial charge < -0.3 is 4.74 Å². The van der Waals surface area contributed by atoms with Crippen LogP contribution in [0, 0.1) is 15.3 Å². The lowest BCUT2D eigenvalue weighted by atomic mass is 10.2. The minimum atomic E-state index is -1.14. The van der Waals surface area contributed by atoms with Gasteiger partial charge in [-0.15, -0.1) is 0 Å². The summed E-state index contributed by atoms with van der Waals surface area (Å²) in [6, 6.07) is 3.21. The molecular weight excluding hydrogens is 393 g/mol. The number of hydrogen-bond acceptors (Lipinski definition) is 2. The second kappa shape index (κ2) is 6.06. The highest BCUT2D eigenvalue weighted by Gasteiger charge is 2.16. The SMILES string of the molecule is C[Si](C)(C)CCOCn1nc(I)c2cc(F)cc(F)c21. The molecule has 0 aliphatic rings. The van der Waals surface area contributed by atoms with Crippen molar-refractivity contribution in [3.8, 4) is 0 Å². The molecule has 0 unspecified atom stereocenters. The van der Waals surface area contributed by atoms with Crippen molar-refractivity contribution in [3.63, 3.8) is 0 Å². The Morgan fingerprint density at radius 3 is 2.65 bits per heavy atom. The van der Waals surface area contributed by atoms with E-state index in [1.165, 1.54) is 10.7 Å². The maximum atomic E-state index is 13.9. The number of rotatable bonds is 5. The summed E-state index contributed by atoms with van der Waals surface area (Å²) in [4.78, 5) is 0. The van der Waals surface area contributed by atoms with Gasteiger partial charge in [0.25, 0.3) is 0 Å². The molecule has 1 aromatic carbocycles. The largest absolute Gasteiger partial charge is 0.360 e. The van der Waals surface area contributed by atoms with E-state index in [0.717, 1.165) is 12.1 Å². The number of hydrogen-bond donors (Lipinski definition) is 0. The lowest BCUT2D eigenvalue weighted by Crippen LogP contribution is -2.22. The third kappa shape index (κ3) is 3.76. The summed E-state index contributed by atoms with van der Waals surface area (Å²) in [5.41, 5.74) is 0.295. The van der Waals surface area contributed by atoms with Crippen molar-refractivity contribution in [2.75, 3.05) is 6.61 Å². The smallest absolute Gasteiger partial charge is 0.152 e. The summed E-state index contributed by atoms with van der Waals surface area (Å²) in [6.45, 7) is 7.63.